The quantitative estimate of drug-likeness (QED) is 0.680. The zero-order valence-corrected chi connectivity index (χ0v) is 15.3. The predicted octanol–water partition coefficient (Wildman–Crippen LogP) is 2.56. The summed E-state index contributed by atoms with van der Waals surface area (Å²) in [6.45, 7) is 4.91. The second-order valence-electron chi connectivity index (χ2n) is 5.82. The molecule has 3 rings (SSSR count). The van der Waals surface area contributed by atoms with Gasteiger partial charge in [0.15, 0.2) is 0 Å². The average Bonchev–Trinajstić information content (AvgIpc) is 3.17. The minimum absolute atomic E-state index is 0.0208. The Bertz CT molecular complexity index is 884. The molecule has 0 spiro atoms. The fourth-order valence-electron chi connectivity index (χ4n) is 2.78. The van der Waals surface area contributed by atoms with Crippen molar-refractivity contribution in [2.45, 2.75) is 46.4 Å². The van der Waals surface area contributed by atoms with Crippen molar-refractivity contribution in [3.05, 3.63) is 45.7 Å². The molecular weight excluding hydrogens is 336 g/mol. The summed E-state index contributed by atoms with van der Waals surface area (Å²) in [7, 11) is 0. The van der Waals surface area contributed by atoms with Crippen molar-refractivity contribution in [2.75, 3.05) is 0 Å². The van der Waals surface area contributed by atoms with Crippen molar-refractivity contribution in [2.24, 2.45) is 0 Å². The van der Waals surface area contributed by atoms with Gasteiger partial charge in [-0.2, -0.15) is 0 Å². The first kappa shape index (κ1) is 17.6. The number of aliphatic hydroxyl groups is 1. The maximum absolute atomic E-state index is 12.2. The Morgan fingerprint density at radius 2 is 2.12 bits per heavy atom. The van der Waals surface area contributed by atoms with Crippen molar-refractivity contribution >= 4 is 28.3 Å². The number of carbonyl (C=O) groups excluding carboxylic acids is 1. The molecule has 0 saturated heterocycles. The first-order valence-electron chi connectivity index (χ1n) is 8.39. The molecule has 1 amide bonds. The zero-order chi connectivity index (χ0) is 17.8. The van der Waals surface area contributed by atoms with Crippen LogP contribution >= 0.6 is 11.3 Å². The van der Waals surface area contributed by atoms with Gasteiger partial charge in [0.25, 0.3) is 0 Å². The number of carbonyl (C=O) groups is 1. The lowest BCUT2D eigenvalue weighted by molar-refractivity contribution is -0.121. The summed E-state index contributed by atoms with van der Waals surface area (Å²) in [5.74, 6) is 0.562. The van der Waals surface area contributed by atoms with Crippen molar-refractivity contribution in [3.8, 4) is 0 Å². The number of imidazole rings is 1. The van der Waals surface area contributed by atoms with Crippen LogP contribution in [0.15, 0.2) is 24.3 Å². The molecule has 0 aliphatic rings. The number of rotatable bonds is 7. The Morgan fingerprint density at radius 3 is 2.84 bits per heavy atom. The summed E-state index contributed by atoms with van der Waals surface area (Å²) in [4.78, 5) is 22.2. The van der Waals surface area contributed by atoms with Crippen LogP contribution in [-0.4, -0.2) is 25.5 Å². The second-order valence-corrected chi connectivity index (χ2v) is 6.99. The van der Waals surface area contributed by atoms with E-state index in [1.807, 2.05) is 35.8 Å². The van der Waals surface area contributed by atoms with E-state index in [0.717, 1.165) is 33.0 Å². The van der Waals surface area contributed by atoms with Gasteiger partial charge in [-0.1, -0.05) is 19.1 Å². The molecule has 1 aromatic carbocycles. The summed E-state index contributed by atoms with van der Waals surface area (Å²) >= 11 is 1.65. The van der Waals surface area contributed by atoms with Gasteiger partial charge in [0.05, 0.1) is 28.3 Å². The normalized spacial score (nSPS) is 11.2. The van der Waals surface area contributed by atoms with Gasteiger partial charge in [-0.05, 0) is 25.5 Å². The number of aliphatic hydroxyl groups excluding tert-OH is 1. The van der Waals surface area contributed by atoms with Crippen LogP contribution in [0, 0.1) is 6.92 Å². The molecule has 25 heavy (non-hydrogen) atoms. The number of hydrogen-bond acceptors (Lipinski definition) is 5. The lowest BCUT2D eigenvalue weighted by Gasteiger charge is -2.08. The highest BCUT2D eigenvalue weighted by Crippen LogP contribution is 2.19. The fourth-order valence-corrected chi connectivity index (χ4v) is 3.73. The third kappa shape index (κ3) is 3.88. The standard InChI is InChI=1S/C18H22N4O2S/c1-3-18-20-12(2)15(25-18)10-19-17(24)8-9-22-14-7-5-4-6-13(14)21-16(22)11-23/h4-7,23H,3,8-11H2,1-2H3,(H,19,24). The van der Waals surface area contributed by atoms with Gasteiger partial charge < -0.3 is 15.0 Å². The van der Waals surface area contributed by atoms with Crippen LogP contribution in [0.5, 0.6) is 0 Å². The summed E-state index contributed by atoms with van der Waals surface area (Å²) in [5, 5.41) is 13.6. The Labute approximate surface area is 150 Å². The van der Waals surface area contributed by atoms with E-state index in [-0.39, 0.29) is 12.5 Å². The van der Waals surface area contributed by atoms with Gasteiger partial charge in [-0.3, -0.25) is 4.79 Å². The Hall–Kier alpha value is -2.25. The van der Waals surface area contributed by atoms with Crippen molar-refractivity contribution < 1.29 is 9.90 Å². The van der Waals surface area contributed by atoms with Gasteiger partial charge in [0.1, 0.15) is 12.4 Å². The van der Waals surface area contributed by atoms with Crippen LogP contribution in [0.2, 0.25) is 0 Å². The number of amides is 1. The van der Waals surface area contributed by atoms with Crippen LogP contribution in [0.3, 0.4) is 0 Å². The van der Waals surface area contributed by atoms with Crippen molar-refractivity contribution in [1.29, 1.82) is 0 Å². The Kier molecular flexibility index (Phi) is 5.45. The zero-order valence-electron chi connectivity index (χ0n) is 14.5. The number of para-hydroxylation sites is 2. The topological polar surface area (TPSA) is 80.0 Å². The number of nitrogens with zero attached hydrogens (tertiary/aromatic N) is 3. The number of thiazole rings is 1. The number of aromatic nitrogens is 3. The number of nitrogens with one attached hydrogen (secondary N) is 1. The molecule has 0 aliphatic carbocycles. The Balaban J connectivity index is 1.61. The van der Waals surface area contributed by atoms with Crippen LogP contribution < -0.4 is 5.32 Å². The lowest BCUT2D eigenvalue weighted by atomic mass is 10.3. The number of aryl methyl sites for hydroxylation is 3. The van der Waals surface area contributed by atoms with E-state index >= 15 is 0 Å². The summed E-state index contributed by atoms with van der Waals surface area (Å²) in [6, 6.07) is 7.70. The van der Waals surface area contributed by atoms with Crippen molar-refractivity contribution in [3.63, 3.8) is 0 Å². The molecule has 0 radical (unpaired) electrons. The van der Waals surface area contributed by atoms with E-state index in [0.29, 0.717) is 25.3 Å². The molecule has 0 unspecified atom stereocenters. The maximum Gasteiger partial charge on any atom is 0.222 e. The van der Waals surface area contributed by atoms with Crippen LogP contribution in [0.1, 0.15) is 34.7 Å². The number of benzene rings is 1. The number of fused-ring (bicyclic) bond motifs is 1. The largest absolute Gasteiger partial charge is 0.388 e. The minimum atomic E-state index is -0.143. The molecule has 0 fully saturated rings. The summed E-state index contributed by atoms with van der Waals surface area (Å²) in [5.41, 5.74) is 2.76. The van der Waals surface area contributed by atoms with E-state index in [1.54, 1.807) is 11.3 Å². The first-order chi connectivity index (χ1) is 12.1. The lowest BCUT2D eigenvalue weighted by Crippen LogP contribution is -2.24. The third-order valence-corrected chi connectivity index (χ3v) is 5.42. The van der Waals surface area contributed by atoms with Gasteiger partial charge >= 0.3 is 0 Å². The molecule has 0 atom stereocenters. The summed E-state index contributed by atoms with van der Waals surface area (Å²) in [6.07, 6.45) is 1.25. The third-order valence-electron chi connectivity index (χ3n) is 4.12. The molecule has 0 saturated carbocycles. The SMILES string of the molecule is CCc1nc(C)c(CNC(=O)CCn2c(CO)nc3ccccc32)s1. The van der Waals surface area contributed by atoms with Crippen LogP contribution in [0.4, 0.5) is 0 Å². The van der Waals surface area contributed by atoms with E-state index in [9.17, 15) is 9.90 Å². The molecule has 7 heteroatoms. The van der Waals surface area contributed by atoms with E-state index in [2.05, 4.69) is 22.2 Å². The smallest absolute Gasteiger partial charge is 0.222 e. The molecule has 3 aromatic rings. The van der Waals surface area contributed by atoms with Crippen LogP contribution in [0.25, 0.3) is 11.0 Å². The maximum atomic E-state index is 12.2. The second kappa shape index (κ2) is 7.76. The number of hydrogen-bond donors (Lipinski definition) is 2. The van der Waals surface area contributed by atoms with E-state index < -0.39 is 0 Å². The molecule has 2 heterocycles. The monoisotopic (exact) mass is 358 g/mol. The van der Waals surface area contributed by atoms with Crippen molar-refractivity contribution in [1.82, 2.24) is 19.9 Å². The molecule has 0 aliphatic heterocycles. The van der Waals surface area contributed by atoms with Gasteiger partial charge in [-0.15, -0.1) is 11.3 Å². The predicted molar refractivity (Wildman–Crippen MR) is 98.3 cm³/mol. The first-order valence-corrected chi connectivity index (χ1v) is 9.21. The van der Waals surface area contributed by atoms with Gasteiger partial charge in [0, 0.05) is 17.8 Å². The van der Waals surface area contributed by atoms with Gasteiger partial charge in [0.2, 0.25) is 5.91 Å². The molecule has 6 nitrogen and oxygen atoms in total. The minimum Gasteiger partial charge on any atom is -0.388 e. The van der Waals surface area contributed by atoms with E-state index in [4.69, 9.17) is 0 Å². The molecular formula is C18H22N4O2S. The van der Waals surface area contributed by atoms with E-state index in [1.165, 1.54) is 0 Å². The molecule has 2 N–H and O–H groups in total. The van der Waals surface area contributed by atoms with Gasteiger partial charge in [-0.25, -0.2) is 9.97 Å². The van der Waals surface area contributed by atoms with Crippen LogP contribution in [-0.2, 0) is 30.9 Å². The highest BCUT2D eigenvalue weighted by atomic mass is 32.1. The molecule has 132 valence electrons. The highest BCUT2D eigenvalue weighted by Gasteiger charge is 2.12. The average molecular weight is 358 g/mol. The Morgan fingerprint density at radius 1 is 1.32 bits per heavy atom. The molecule has 0 bridgehead atoms. The fraction of sp³-hybridized carbons (Fsp3) is 0.389. The highest BCUT2D eigenvalue weighted by molar-refractivity contribution is 7.11. The molecule has 2 aromatic heterocycles. The summed E-state index contributed by atoms with van der Waals surface area (Å²) < 4.78 is 1.90.